The smallest absolute Gasteiger partial charge is 0.230 e. The number of fused-ring (bicyclic) bond motifs is 1. The van der Waals surface area contributed by atoms with Crippen LogP contribution in [0.2, 0.25) is 0 Å². The number of amides is 1. The number of rotatable bonds is 5. The molecule has 1 N–H and O–H groups in total. The monoisotopic (exact) mass is 282 g/mol. The molecule has 2 rings (SSSR count). The first-order valence-electron chi connectivity index (χ1n) is 6.98. The van der Waals surface area contributed by atoms with Crippen molar-refractivity contribution in [1.82, 2.24) is 20.1 Å². The highest BCUT2D eigenvalue weighted by molar-refractivity contribution is 7.99. The van der Waals surface area contributed by atoms with Crippen molar-refractivity contribution >= 4 is 17.7 Å². The lowest BCUT2D eigenvalue weighted by Gasteiger charge is -2.08. The Hall–Kier alpha value is -1.04. The summed E-state index contributed by atoms with van der Waals surface area (Å²) in [6, 6.07) is 0. The van der Waals surface area contributed by atoms with Crippen molar-refractivity contribution in [3.8, 4) is 0 Å². The number of thioether (sulfide) groups is 1. The zero-order valence-corrected chi connectivity index (χ0v) is 12.5. The van der Waals surface area contributed by atoms with Gasteiger partial charge in [-0.15, -0.1) is 10.2 Å². The maximum atomic E-state index is 11.7. The van der Waals surface area contributed by atoms with Crippen LogP contribution in [-0.4, -0.2) is 33.0 Å². The van der Waals surface area contributed by atoms with Gasteiger partial charge in [-0.1, -0.05) is 32.0 Å². The van der Waals surface area contributed by atoms with E-state index in [9.17, 15) is 4.79 Å². The Balaban J connectivity index is 1.86. The third kappa shape index (κ3) is 4.23. The molecular weight excluding hydrogens is 260 g/mol. The van der Waals surface area contributed by atoms with Gasteiger partial charge in [-0.25, -0.2) is 0 Å². The third-order valence-corrected chi connectivity index (χ3v) is 4.08. The molecule has 0 saturated heterocycles. The fourth-order valence-corrected chi connectivity index (χ4v) is 2.88. The summed E-state index contributed by atoms with van der Waals surface area (Å²) in [6.07, 6.45) is 4.63. The van der Waals surface area contributed by atoms with E-state index < -0.39 is 0 Å². The fraction of sp³-hybridized carbons (Fsp3) is 0.769. The maximum absolute atomic E-state index is 11.7. The Bertz CT molecular complexity index is 430. The normalized spacial score (nSPS) is 15.1. The van der Waals surface area contributed by atoms with E-state index in [1.807, 2.05) is 0 Å². The molecule has 1 aromatic heterocycles. The largest absolute Gasteiger partial charge is 0.355 e. The van der Waals surface area contributed by atoms with Crippen molar-refractivity contribution in [1.29, 1.82) is 0 Å². The number of carbonyl (C=O) groups is 1. The highest BCUT2D eigenvalue weighted by Crippen LogP contribution is 2.21. The Labute approximate surface area is 118 Å². The molecule has 0 aromatic carbocycles. The van der Waals surface area contributed by atoms with Crippen LogP contribution in [0.5, 0.6) is 0 Å². The minimum Gasteiger partial charge on any atom is -0.355 e. The number of aromatic nitrogens is 3. The average Bonchev–Trinajstić information content (AvgIpc) is 2.61. The SMILES string of the molecule is CC(C)CNC(=O)CSc1nnc2n1CCCCC2. The van der Waals surface area contributed by atoms with E-state index in [0.717, 1.165) is 30.5 Å². The van der Waals surface area contributed by atoms with Crippen LogP contribution in [0.1, 0.15) is 38.9 Å². The molecule has 6 heteroatoms. The summed E-state index contributed by atoms with van der Waals surface area (Å²) >= 11 is 1.49. The lowest BCUT2D eigenvalue weighted by molar-refractivity contribution is -0.118. The van der Waals surface area contributed by atoms with Crippen LogP contribution in [0.3, 0.4) is 0 Å². The molecular formula is C13H22N4OS. The Morgan fingerprint density at radius 2 is 2.21 bits per heavy atom. The lowest BCUT2D eigenvalue weighted by atomic mass is 10.2. The van der Waals surface area contributed by atoms with Crippen LogP contribution in [0.25, 0.3) is 0 Å². The molecule has 1 aliphatic rings. The van der Waals surface area contributed by atoms with E-state index in [4.69, 9.17) is 0 Å². The van der Waals surface area contributed by atoms with Crippen molar-refractivity contribution in [2.24, 2.45) is 5.92 Å². The summed E-state index contributed by atoms with van der Waals surface area (Å²) in [7, 11) is 0. The second-order valence-electron chi connectivity index (χ2n) is 5.35. The molecule has 1 aromatic rings. The van der Waals surface area contributed by atoms with Gasteiger partial charge in [0.05, 0.1) is 5.75 Å². The van der Waals surface area contributed by atoms with Crippen LogP contribution < -0.4 is 5.32 Å². The quantitative estimate of drug-likeness (QED) is 0.838. The van der Waals surface area contributed by atoms with Crippen LogP contribution in [0, 0.1) is 5.92 Å². The van der Waals surface area contributed by atoms with Crippen molar-refractivity contribution in [3.63, 3.8) is 0 Å². The zero-order valence-electron chi connectivity index (χ0n) is 11.7. The molecule has 2 heterocycles. The fourth-order valence-electron chi connectivity index (χ4n) is 2.06. The summed E-state index contributed by atoms with van der Waals surface area (Å²) in [5.74, 6) is 2.05. The van der Waals surface area contributed by atoms with E-state index in [0.29, 0.717) is 11.7 Å². The summed E-state index contributed by atoms with van der Waals surface area (Å²) < 4.78 is 2.17. The number of aryl methyl sites for hydroxylation is 1. The lowest BCUT2D eigenvalue weighted by Crippen LogP contribution is -2.28. The number of carbonyl (C=O) groups excluding carboxylic acids is 1. The second kappa shape index (κ2) is 6.93. The van der Waals surface area contributed by atoms with Gasteiger partial charge < -0.3 is 9.88 Å². The van der Waals surface area contributed by atoms with E-state index in [1.54, 1.807) is 0 Å². The van der Waals surface area contributed by atoms with Crippen LogP contribution >= 0.6 is 11.8 Å². The Morgan fingerprint density at radius 3 is 3.00 bits per heavy atom. The van der Waals surface area contributed by atoms with E-state index in [-0.39, 0.29) is 5.91 Å². The molecule has 19 heavy (non-hydrogen) atoms. The van der Waals surface area contributed by atoms with Crippen molar-refractivity contribution in [2.75, 3.05) is 12.3 Å². The highest BCUT2D eigenvalue weighted by Gasteiger charge is 2.15. The van der Waals surface area contributed by atoms with Gasteiger partial charge in [0.15, 0.2) is 5.16 Å². The highest BCUT2D eigenvalue weighted by atomic mass is 32.2. The molecule has 0 unspecified atom stereocenters. The summed E-state index contributed by atoms with van der Waals surface area (Å²) in [4.78, 5) is 11.7. The van der Waals surface area contributed by atoms with Gasteiger partial charge >= 0.3 is 0 Å². The molecule has 0 aliphatic carbocycles. The van der Waals surface area contributed by atoms with Gasteiger partial charge in [0, 0.05) is 19.5 Å². The number of hydrogen-bond acceptors (Lipinski definition) is 4. The second-order valence-corrected chi connectivity index (χ2v) is 6.29. The predicted molar refractivity (Wildman–Crippen MR) is 76.1 cm³/mol. The molecule has 0 spiro atoms. The van der Waals surface area contributed by atoms with Crippen molar-refractivity contribution < 1.29 is 4.79 Å². The Kier molecular flexibility index (Phi) is 5.24. The molecule has 0 atom stereocenters. The van der Waals surface area contributed by atoms with E-state index in [2.05, 4.69) is 33.9 Å². The number of nitrogens with zero attached hydrogens (tertiary/aromatic N) is 3. The molecule has 0 bridgehead atoms. The summed E-state index contributed by atoms with van der Waals surface area (Å²) in [5.41, 5.74) is 0. The molecule has 0 fully saturated rings. The summed E-state index contributed by atoms with van der Waals surface area (Å²) in [6.45, 7) is 5.90. The van der Waals surface area contributed by atoms with Gasteiger partial charge in [0.1, 0.15) is 5.82 Å². The molecule has 5 nitrogen and oxygen atoms in total. The minimum atomic E-state index is 0.0738. The van der Waals surface area contributed by atoms with Gasteiger partial charge in [0.25, 0.3) is 0 Å². The zero-order chi connectivity index (χ0) is 13.7. The average molecular weight is 282 g/mol. The van der Waals surface area contributed by atoms with Crippen LogP contribution in [0.4, 0.5) is 0 Å². The number of hydrogen-bond donors (Lipinski definition) is 1. The van der Waals surface area contributed by atoms with E-state index >= 15 is 0 Å². The molecule has 0 saturated carbocycles. The van der Waals surface area contributed by atoms with Gasteiger partial charge in [0.2, 0.25) is 5.91 Å². The van der Waals surface area contributed by atoms with Crippen LogP contribution in [0.15, 0.2) is 5.16 Å². The maximum Gasteiger partial charge on any atom is 0.230 e. The van der Waals surface area contributed by atoms with Gasteiger partial charge in [-0.05, 0) is 18.8 Å². The first-order chi connectivity index (χ1) is 9.16. The predicted octanol–water partition coefficient (Wildman–Crippen LogP) is 1.87. The van der Waals surface area contributed by atoms with Gasteiger partial charge in [-0.2, -0.15) is 0 Å². The first-order valence-corrected chi connectivity index (χ1v) is 7.97. The third-order valence-electron chi connectivity index (χ3n) is 3.12. The molecule has 106 valence electrons. The molecule has 0 radical (unpaired) electrons. The molecule has 1 amide bonds. The van der Waals surface area contributed by atoms with Crippen LogP contribution in [-0.2, 0) is 17.8 Å². The van der Waals surface area contributed by atoms with E-state index in [1.165, 1.54) is 31.0 Å². The van der Waals surface area contributed by atoms with Gasteiger partial charge in [-0.3, -0.25) is 4.79 Å². The topological polar surface area (TPSA) is 59.8 Å². The number of nitrogens with one attached hydrogen (secondary N) is 1. The Morgan fingerprint density at radius 1 is 1.37 bits per heavy atom. The van der Waals surface area contributed by atoms with Crippen molar-refractivity contribution in [3.05, 3.63) is 5.82 Å². The summed E-state index contributed by atoms with van der Waals surface area (Å²) in [5, 5.41) is 12.2. The first kappa shape index (κ1) is 14.4. The van der Waals surface area contributed by atoms with Crippen molar-refractivity contribution in [2.45, 2.75) is 51.2 Å². The molecule has 1 aliphatic heterocycles. The minimum absolute atomic E-state index is 0.0738. The standard InChI is InChI=1S/C13H22N4OS/c1-10(2)8-14-12(18)9-19-13-16-15-11-6-4-3-5-7-17(11)13/h10H,3-9H2,1-2H3,(H,14,18).